The Hall–Kier alpha value is -1.72. The molecule has 0 radical (unpaired) electrons. The average Bonchev–Trinajstić information content (AvgIpc) is 2.63. The highest BCUT2D eigenvalue weighted by Crippen LogP contribution is 2.21. The van der Waals surface area contributed by atoms with Crippen LogP contribution in [0.3, 0.4) is 0 Å². The maximum absolute atomic E-state index is 11.6. The molecule has 2 rings (SSSR count). The summed E-state index contributed by atoms with van der Waals surface area (Å²) in [6, 6.07) is 5.17. The van der Waals surface area contributed by atoms with Crippen LogP contribution < -0.4 is 5.32 Å². The van der Waals surface area contributed by atoms with Gasteiger partial charge in [0, 0.05) is 20.6 Å². The maximum Gasteiger partial charge on any atom is 0.259 e. The summed E-state index contributed by atoms with van der Waals surface area (Å²) in [5.41, 5.74) is 1.59. The van der Waals surface area contributed by atoms with Crippen molar-refractivity contribution >= 4 is 11.8 Å². The van der Waals surface area contributed by atoms with Gasteiger partial charge in [0.25, 0.3) is 11.8 Å². The normalized spacial score (nSPS) is 14.1. The maximum atomic E-state index is 11.6. The molecule has 1 aromatic carbocycles. The first kappa shape index (κ1) is 11.8. The predicted molar refractivity (Wildman–Crippen MR) is 59.7 cm³/mol. The van der Waals surface area contributed by atoms with Gasteiger partial charge < -0.3 is 9.47 Å². The van der Waals surface area contributed by atoms with Crippen molar-refractivity contribution in [3.05, 3.63) is 34.9 Å². The molecule has 5 nitrogen and oxygen atoms in total. The van der Waals surface area contributed by atoms with Crippen LogP contribution in [0.2, 0.25) is 0 Å². The van der Waals surface area contributed by atoms with Gasteiger partial charge in [-0.05, 0) is 11.6 Å². The number of rotatable bonds is 4. The molecular formula is C12H13NO4. The first-order valence-corrected chi connectivity index (χ1v) is 5.20. The van der Waals surface area contributed by atoms with E-state index in [0.717, 1.165) is 5.56 Å². The molecule has 0 aliphatic carbocycles. The molecule has 1 heterocycles. The summed E-state index contributed by atoms with van der Waals surface area (Å²) in [6.07, 6.45) is 0.00153. The van der Waals surface area contributed by atoms with Gasteiger partial charge in [0.2, 0.25) is 0 Å². The van der Waals surface area contributed by atoms with Crippen LogP contribution in [0.4, 0.5) is 0 Å². The lowest BCUT2D eigenvalue weighted by Crippen LogP contribution is -2.21. The van der Waals surface area contributed by atoms with Gasteiger partial charge in [-0.2, -0.15) is 0 Å². The third-order valence-corrected chi connectivity index (χ3v) is 2.76. The van der Waals surface area contributed by atoms with Crippen LogP contribution in [0.1, 0.15) is 26.3 Å². The molecule has 0 saturated carbocycles. The van der Waals surface area contributed by atoms with Crippen molar-refractivity contribution in [2.75, 3.05) is 14.2 Å². The lowest BCUT2D eigenvalue weighted by Gasteiger charge is -2.14. The van der Waals surface area contributed by atoms with Crippen molar-refractivity contribution in [3.8, 4) is 0 Å². The summed E-state index contributed by atoms with van der Waals surface area (Å²) in [6.45, 7) is 0. The predicted octanol–water partition coefficient (Wildman–Crippen LogP) is 0.732. The number of amides is 2. The zero-order valence-electron chi connectivity index (χ0n) is 9.65. The van der Waals surface area contributed by atoms with Crippen molar-refractivity contribution in [3.63, 3.8) is 0 Å². The summed E-state index contributed by atoms with van der Waals surface area (Å²) < 4.78 is 10.2. The topological polar surface area (TPSA) is 64.6 Å². The van der Waals surface area contributed by atoms with E-state index < -0.39 is 6.29 Å². The molecule has 0 spiro atoms. The smallest absolute Gasteiger partial charge is 0.259 e. The fourth-order valence-electron chi connectivity index (χ4n) is 1.90. The van der Waals surface area contributed by atoms with E-state index in [-0.39, 0.29) is 11.8 Å². The van der Waals surface area contributed by atoms with Crippen LogP contribution in [0.15, 0.2) is 18.2 Å². The summed E-state index contributed by atoms with van der Waals surface area (Å²) in [5.74, 6) is -0.704. The number of ether oxygens (including phenoxy) is 2. The van der Waals surface area contributed by atoms with Gasteiger partial charge in [0.1, 0.15) is 0 Å². The number of fused-ring (bicyclic) bond motifs is 1. The van der Waals surface area contributed by atoms with E-state index in [9.17, 15) is 9.59 Å². The van der Waals surface area contributed by atoms with E-state index in [1.54, 1.807) is 18.2 Å². The number of imide groups is 1. The molecule has 1 aromatic rings. The van der Waals surface area contributed by atoms with Gasteiger partial charge in [-0.25, -0.2) is 0 Å². The molecule has 0 saturated heterocycles. The van der Waals surface area contributed by atoms with Crippen LogP contribution in [0, 0.1) is 0 Å². The van der Waals surface area contributed by atoms with E-state index >= 15 is 0 Å². The number of hydrogen-bond acceptors (Lipinski definition) is 4. The summed E-state index contributed by atoms with van der Waals surface area (Å²) in [7, 11) is 3.06. The molecule has 0 aromatic heterocycles. The molecule has 1 aliphatic heterocycles. The molecule has 17 heavy (non-hydrogen) atoms. The Labute approximate surface area is 98.7 Å². The highest BCUT2D eigenvalue weighted by atomic mass is 16.7. The minimum Gasteiger partial charge on any atom is -0.356 e. The second-order valence-corrected chi connectivity index (χ2v) is 3.73. The van der Waals surface area contributed by atoms with Crippen LogP contribution >= 0.6 is 0 Å². The monoisotopic (exact) mass is 235 g/mol. The zero-order valence-corrected chi connectivity index (χ0v) is 9.65. The van der Waals surface area contributed by atoms with Crippen LogP contribution in [-0.4, -0.2) is 32.3 Å². The van der Waals surface area contributed by atoms with Gasteiger partial charge in [-0.1, -0.05) is 12.1 Å². The fourth-order valence-corrected chi connectivity index (χ4v) is 1.90. The minimum atomic E-state index is -0.426. The Morgan fingerprint density at radius 2 is 1.88 bits per heavy atom. The Balaban J connectivity index is 2.37. The second-order valence-electron chi connectivity index (χ2n) is 3.73. The highest BCUT2D eigenvalue weighted by Gasteiger charge is 2.29. The van der Waals surface area contributed by atoms with Crippen molar-refractivity contribution in [2.24, 2.45) is 0 Å². The quantitative estimate of drug-likeness (QED) is 0.617. The van der Waals surface area contributed by atoms with Gasteiger partial charge in [0.05, 0.1) is 11.1 Å². The molecule has 90 valence electrons. The Kier molecular flexibility index (Phi) is 3.21. The lowest BCUT2D eigenvalue weighted by molar-refractivity contribution is -0.100. The average molecular weight is 235 g/mol. The number of methoxy groups -OCH3 is 2. The fraction of sp³-hybridized carbons (Fsp3) is 0.333. The molecule has 5 heteroatoms. The third kappa shape index (κ3) is 2.07. The number of nitrogens with one attached hydrogen (secondary N) is 1. The van der Waals surface area contributed by atoms with Crippen molar-refractivity contribution < 1.29 is 19.1 Å². The molecule has 0 fully saturated rings. The standard InChI is InChI=1S/C12H13NO4/c1-16-9(17-2)6-7-4-3-5-8-10(7)12(15)13-11(8)14/h3-5,9H,6H2,1-2H3,(H,13,14,15). The summed E-state index contributed by atoms with van der Waals surface area (Å²) in [5, 5.41) is 2.27. The molecule has 1 aliphatic rings. The number of benzene rings is 1. The molecular weight excluding hydrogens is 222 g/mol. The van der Waals surface area contributed by atoms with Gasteiger partial charge in [0.15, 0.2) is 6.29 Å². The third-order valence-electron chi connectivity index (χ3n) is 2.76. The second kappa shape index (κ2) is 4.65. The number of carbonyl (C=O) groups is 2. The Bertz CT molecular complexity index is 466. The van der Waals surface area contributed by atoms with E-state index in [1.165, 1.54) is 14.2 Å². The van der Waals surface area contributed by atoms with Gasteiger partial charge in [-0.15, -0.1) is 0 Å². The lowest BCUT2D eigenvalue weighted by atomic mass is 10.0. The number of carbonyl (C=O) groups excluding carboxylic acids is 2. The van der Waals surface area contributed by atoms with Crippen molar-refractivity contribution in [2.45, 2.75) is 12.7 Å². The highest BCUT2D eigenvalue weighted by molar-refractivity contribution is 6.22. The zero-order chi connectivity index (χ0) is 12.4. The molecule has 1 N–H and O–H groups in total. The first-order valence-electron chi connectivity index (χ1n) is 5.20. The molecule has 0 atom stereocenters. The summed E-state index contributed by atoms with van der Waals surface area (Å²) in [4.78, 5) is 23.1. The number of hydrogen-bond donors (Lipinski definition) is 1. The molecule has 0 unspecified atom stereocenters. The SMILES string of the molecule is COC(Cc1cccc2c1C(=O)NC2=O)OC. The molecule has 2 amide bonds. The van der Waals surface area contributed by atoms with Crippen LogP contribution in [-0.2, 0) is 15.9 Å². The van der Waals surface area contributed by atoms with Gasteiger partial charge in [-0.3, -0.25) is 14.9 Å². The minimum absolute atomic E-state index is 0.349. The Morgan fingerprint density at radius 3 is 2.53 bits per heavy atom. The van der Waals surface area contributed by atoms with Crippen LogP contribution in [0.25, 0.3) is 0 Å². The van der Waals surface area contributed by atoms with E-state index in [0.29, 0.717) is 17.5 Å². The Morgan fingerprint density at radius 1 is 1.18 bits per heavy atom. The van der Waals surface area contributed by atoms with Gasteiger partial charge >= 0.3 is 0 Å². The first-order chi connectivity index (χ1) is 8.17. The van der Waals surface area contributed by atoms with E-state index in [4.69, 9.17) is 9.47 Å². The van der Waals surface area contributed by atoms with E-state index in [2.05, 4.69) is 5.32 Å². The summed E-state index contributed by atoms with van der Waals surface area (Å²) >= 11 is 0. The van der Waals surface area contributed by atoms with E-state index in [1.807, 2.05) is 0 Å². The largest absolute Gasteiger partial charge is 0.356 e. The van der Waals surface area contributed by atoms with Crippen LogP contribution in [0.5, 0.6) is 0 Å². The van der Waals surface area contributed by atoms with Crippen molar-refractivity contribution in [1.82, 2.24) is 5.32 Å². The molecule has 0 bridgehead atoms. The van der Waals surface area contributed by atoms with Crippen molar-refractivity contribution in [1.29, 1.82) is 0 Å².